The average molecular weight is 507 g/mol. The summed E-state index contributed by atoms with van der Waals surface area (Å²) in [4.78, 5) is 41.6. The molecule has 0 unspecified atom stereocenters. The van der Waals surface area contributed by atoms with Gasteiger partial charge in [0.2, 0.25) is 5.91 Å². The van der Waals surface area contributed by atoms with E-state index in [1.807, 2.05) is 30.3 Å². The summed E-state index contributed by atoms with van der Waals surface area (Å²) in [6.07, 6.45) is 1.55. The third-order valence-electron chi connectivity index (χ3n) is 6.61. The fourth-order valence-electron chi connectivity index (χ4n) is 4.54. The summed E-state index contributed by atoms with van der Waals surface area (Å²) in [5, 5.41) is 23.2. The number of amides is 2. The number of carbonyl (C=O) groups is 3. The first-order valence-electron chi connectivity index (χ1n) is 12.2. The van der Waals surface area contributed by atoms with E-state index in [1.54, 1.807) is 33.0 Å². The monoisotopic (exact) mass is 506 g/mol. The van der Waals surface area contributed by atoms with E-state index in [-0.39, 0.29) is 5.91 Å². The summed E-state index contributed by atoms with van der Waals surface area (Å²) in [5.74, 6) is -2.21. The molecule has 1 aromatic carbocycles. The molecular formula is C26H30N6O5. The van der Waals surface area contributed by atoms with Crippen molar-refractivity contribution in [2.45, 2.75) is 45.6 Å². The molecule has 2 amide bonds. The molecule has 11 heteroatoms. The fraction of sp³-hybridized carbons (Fsp3) is 0.385. The van der Waals surface area contributed by atoms with Crippen molar-refractivity contribution >= 4 is 29.5 Å². The first kappa shape index (κ1) is 25.8. The Morgan fingerprint density at radius 2 is 1.76 bits per heavy atom. The minimum Gasteiger partial charge on any atom is -0.481 e. The summed E-state index contributed by atoms with van der Waals surface area (Å²) in [5.41, 5.74) is 2.64. The number of hydrogen-bond donors (Lipinski definition) is 3. The second kappa shape index (κ2) is 11.2. The standard InChI is InChI=1S/C26H30N6O5/c1-15-20(28-24(33)18-11-7-8-12-19(18)25(34)35)13-14-21(27-15)22-23(32(3)31-30-22)29-26(36)37-16(2)17-9-5-4-6-10-17/h4-6,9-10,13-14,16,18-19H,7-8,11-12H2,1-3H3,(H,28,33)(H,29,36)(H,34,35)/t16-,18+,19+/m1/s1. The normalized spacial score (nSPS) is 18.0. The minimum absolute atomic E-state index is 0.306. The lowest BCUT2D eigenvalue weighted by atomic mass is 9.78. The number of hydrogen-bond acceptors (Lipinski definition) is 7. The van der Waals surface area contributed by atoms with Crippen LogP contribution < -0.4 is 10.6 Å². The number of nitrogens with one attached hydrogen (secondary N) is 2. The van der Waals surface area contributed by atoms with Gasteiger partial charge < -0.3 is 15.2 Å². The molecule has 4 rings (SSSR count). The maximum atomic E-state index is 12.9. The Bertz CT molecular complexity index is 1290. The topological polar surface area (TPSA) is 148 Å². The number of nitrogens with zero attached hydrogens (tertiary/aromatic N) is 4. The summed E-state index contributed by atoms with van der Waals surface area (Å²) in [6.45, 7) is 3.51. The van der Waals surface area contributed by atoms with E-state index in [4.69, 9.17) is 4.74 Å². The number of carboxylic acid groups (broad SMARTS) is 1. The molecule has 11 nitrogen and oxygen atoms in total. The van der Waals surface area contributed by atoms with E-state index in [0.29, 0.717) is 41.4 Å². The number of pyridine rings is 1. The third-order valence-corrected chi connectivity index (χ3v) is 6.61. The molecule has 1 aliphatic rings. The molecule has 0 spiro atoms. The molecule has 3 atom stereocenters. The van der Waals surface area contributed by atoms with Gasteiger partial charge in [0.15, 0.2) is 11.5 Å². The van der Waals surface area contributed by atoms with Crippen LogP contribution in [0.1, 0.15) is 50.0 Å². The van der Waals surface area contributed by atoms with Gasteiger partial charge in [0.1, 0.15) is 6.10 Å². The summed E-state index contributed by atoms with van der Waals surface area (Å²) >= 11 is 0. The van der Waals surface area contributed by atoms with E-state index in [0.717, 1.165) is 18.4 Å². The molecule has 1 saturated carbocycles. The number of aryl methyl sites for hydroxylation is 2. The van der Waals surface area contributed by atoms with Crippen LogP contribution in [0.3, 0.4) is 0 Å². The highest BCUT2D eigenvalue weighted by molar-refractivity contribution is 5.96. The predicted molar refractivity (Wildman–Crippen MR) is 136 cm³/mol. The summed E-state index contributed by atoms with van der Waals surface area (Å²) in [6, 6.07) is 12.7. The summed E-state index contributed by atoms with van der Waals surface area (Å²) < 4.78 is 6.90. The van der Waals surface area contributed by atoms with Crippen molar-refractivity contribution in [1.82, 2.24) is 20.0 Å². The molecule has 2 aromatic heterocycles. The molecule has 194 valence electrons. The van der Waals surface area contributed by atoms with Crippen LogP contribution in [0, 0.1) is 18.8 Å². The Balaban J connectivity index is 1.47. The predicted octanol–water partition coefficient (Wildman–Crippen LogP) is 4.32. The van der Waals surface area contributed by atoms with Crippen molar-refractivity contribution in [1.29, 1.82) is 0 Å². The smallest absolute Gasteiger partial charge is 0.413 e. The van der Waals surface area contributed by atoms with Gasteiger partial charge in [0, 0.05) is 7.05 Å². The quantitative estimate of drug-likeness (QED) is 0.429. The van der Waals surface area contributed by atoms with Gasteiger partial charge >= 0.3 is 12.1 Å². The number of aliphatic carboxylic acids is 1. The van der Waals surface area contributed by atoms with Gasteiger partial charge in [0.05, 0.1) is 28.9 Å². The molecule has 3 aromatic rings. The Hall–Kier alpha value is -4.28. The molecule has 0 bridgehead atoms. The van der Waals surface area contributed by atoms with Gasteiger partial charge in [-0.2, -0.15) is 0 Å². The molecule has 0 aliphatic heterocycles. The van der Waals surface area contributed by atoms with Crippen molar-refractivity contribution < 1.29 is 24.2 Å². The van der Waals surface area contributed by atoms with E-state index < -0.39 is 30.0 Å². The Morgan fingerprint density at radius 3 is 2.43 bits per heavy atom. The van der Waals surface area contributed by atoms with E-state index >= 15 is 0 Å². The SMILES string of the molecule is Cc1nc(-c2nnn(C)c2NC(=O)O[C@H](C)c2ccccc2)ccc1NC(=O)[C@H]1CCCC[C@@H]1C(=O)O. The van der Waals surface area contributed by atoms with Crippen LogP contribution in [0.15, 0.2) is 42.5 Å². The number of ether oxygens (including phenoxy) is 1. The van der Waals surface area contributed by atoms with Crippen molar-refractivity contribution in [3.63, 3.8) is 0 Å². The van der Waals surface area contributed by atoms with Crippen LogP contribution >= 0.6 is 0 Å². The van der Waals surface area contributed by atoms with Crippen LogP contribution in [-0.2, 0) is 21.4 Å². The molecule has 2 heterocycles. The van der Waals surface area contributed by atoms with Gasteiger partial charge in [-0.05, 0) is 44.4 Å². The molecule has 0 saturated heterocycles. The van der Waals surface area contributed by atoms with Gasteiger partial charge in [-0.25, -0.2) is 14.5 Å². The minimum atomic E-state index is -0.940. The second-order valence-electron chi connectivity index (χ2n) is 9.15. The van der Waals surface area contributed by atoms with Gasteiger partial charge in [-0.3, -0.25) is 14.9 Å². The Labute approximate surface area is 214 Å². The number of carbonyl (C=O) groups excluding carboxylic acids is 2. The number of aromatic nitrogens is 4. The van der Waals surface area contributed by atoms with Crippen LogP contribution in [0.2, 0.25) is 0 Å². The second-order valence-corrected chi connectivity index (χ2v) is 9.15. The molecule has 3 N–H and O–H groups in total. The average Bonchev–Trinajstić information content (AvgIpc) is 3.25. The number of benzene rings is 1. The highest BCUT2D eigenvalue weighted by atomic mass is 16.6. The largest absolute Gasteiger partial charge is 0.481 e. The third kappa shape index (κ3) is 5.93. The highest BCUT2D eigenvalue weighted by Crippen LogP contribution is 2.32. The van der Waals surface area contributed by atoms with Crippen LogP contribution in [0.4, 0.5) is 16.3 Å². The molecule has 1 fully saturated rings. The first-order valence-corrected chi connectivity index (χ1v) is 12.2. The molecule has 37 heavy (non-hydrogen) atoms. The zero-order valence-electron chi connectivity index (χ0n) is 21.0. The summed E-state index contributed by atoms with van der Waals surface area (Å²) in [7, 11) is 1.64. The molecule has 1 aliphatic carbocycles. The van der Waals surface area contributed by atoms with Crippen molar-refractivity contribution in [3.05, 3.63) is 53.7 Å². The van der Waals surface area contributed by atoms with Gasteiger partial charge in [0.25, 0.3) is 0 Å². The number of rotatable bonds is 7. The lowest BCUT2D eigenvalue weighted by Gasteiger charge is -2.27. The Kier molecular flexibility index (Phi) is 7.80. The highest BCUT2D eigenvalue weighted by Gasteiger charge is 2.36. The Morgan fingerprint density at radius 1 is 1.05 bits per heavy atom. The lowest BCUT2D eigenvalue weighted by Crippen LogP contribution is -2.36. The van der Waals surface area contributed by atoms with Crippen molar-refractivity contribution in [3.8, 4) is 11.4 Å². The first-order chi connectivity index (χ1) is 17.7. The fourth-order valence-corrected chi connectivity index (χ4v) is 4.54. The van der Waals surface area contributed by atoms with Crippen LogP contribution in [-0.4, -0.2) is 43.1 Å². The van der Waals surface area contributed by atoms with Gasteiger partial charge in [-0.1, -0.05) is 48.4 Å². The number of anilines is 2. The molecule has 0 radical (unpaired) electrons. The lowest BCUT2D eigenvalue weighted by molar-refractivity contribution is -0.147. The van der Waals surface area contributed by atoms with Crippen molar-refractivity contribution in [2.75, 3.05) is 10.6 Å². The van der Waals surface area contributed by atoms with E-state index in [9.17, 15) is 19.5 Å². The van der Waals surface area contributed by atoms with E-state index in [1.165, 1.54) is 4.68 Å². The zero-order valence-corrected chi connectivity index (χ0v) is 21.0. The van der Waals surface area contributed by atoms with Crippen LogP contribution in [0.5, 0.6) is 0 Å². The van der Waals surface area contributed by atoms with Crippen LogP contribution in [0.25, 0.3) is 11.4 Å². The molecular weight excluding hydrogens is 476 g/mol. The zero-order chi connectivity index (χ0) is 26.5. The number of carboxylic acids is 1. The van der Waals surface area contributed by atoms with E-state index in [2.05, 4.69) is 25.9 Å². The van der Waals surface area contributed by atoms with Crippen molar-refractivity contribution in [2.24, 2.45) is 18.9 Å². The maximum absolute atomic E-state index is 12.9. The van der Waals surface area contributed by atoms with Gasteiger partial charge in [-0.15, -0.1) is 5.10 Å². The maximum Gasteiger partial charge on any atom is 0.413 e.